The molecule has 0 bridgehead atoms. The van der Waals surface area contributed by atoms with Crippen LogP contribution < -0.4 is 5.32 Å². The standard InChI is InChI=1S/C11H14N4O3/c1-12-10(16)9-7-15(4-5-18-9)11(17)8-6-13-2-3-14-8/h2-3,6,9H,4-5,7H2,1H3,(H,12,16)/t9-/m1/s1. The molecule has 2 rings (SSSR count). The lowest BCUT2D eigenvalue weighted by Crippen LogP contribution is -2.51. The van der Waals surface area contributed by atoms with E-state index in [1.54, 1.807) is 4.90 Å². The van der Waals surface area contributed by atoms with Crippen LogP contribution in [0.3, 0.4) is 0 Å². The summed E-state index contributed by atoms with van der Waals surface area (Å²) in [5.41, 5.74) is 0.273. The molecule has 1 aromatic rings. The van der Waals surface area contributed by atoms with E-state index in [-0.39, 0.29) is 24.1 Å². The Morgan fingerprint density at radius 3 is 3.00 bits per heavy atom. The lowest BCUT2D eigenvalue weighted by Gasteiger charge is -2.31. The summed E-state index contributed by atoms with van der Waals surface area (Å²) >= 11 is 0. The summed E-state index contributed by atoms with van der Waals surface area (Å²) < 4.78 is 5.30. The summed E-state index contributed by atoms with van der Waals surface area (Å²) in [6.07, 6.45) is 3.75. The zero-order valence-electron chi connectivity index (χ0n) is 10.00. The molecular weight excluding hydrogens is 236 g/mol. The smallest absolute Gasteiger partial charge is 0.274 e. The van der Waals surface area contributed by atoms with E-state index >= 15 is 0 Å². The van der Waals surface area contributed by atoms with Gasteiger partial charge < -0.3 is 15.0 Å². The summed E-state index contributed by atoms with van der Waals surface area (Å²) in [7, 11) is 1.54. The molecule has 2 heterocycles. The number of aromatic nitrogens is 2. The first-order valence-corrected chi connectivity index (χ1v) is 5.61. The van der Waals surface area contributed by atoms with Gasteiger partial charge >= 0.3 is 0 Å². The number of ether oxygens (including phenoxy) is 1. The molecule has 7 heteroatoms. The Kier molecular flexibility index (Phi) is 3.83. The number of hydrogen-bond acceptors (Lipinski definition) is 5. The van der Waals surface area contributed by atoms with E-state index in [0.29, 0.717) is 13.2 Å². The summed E-state index contributed by atoms with van der Waals surface area (Å²) in [5, 5.41) is 2.50. The highest BCUT2D eigenvalue weighted by atomic mass is 16.5. The van der Waals surface area contributed by atoms with Gasteiger partial charge in [-0.2, -0.15) is 0 Å². The summed E-state index contributed by atoms with van der Waals surface area (Å²) in [6, 6.07) is 0. The Morgan fingerprint density at radius 2 is 2.33 bits per heavy atom. The molecule has 0 aromatic carbocycles. The van der Waals surface area contributed by atoms with Crippen molar-refractivity contribution >= 4 is 11.8 Å². The fraction of sp³-hybridized carbons (Fsp3) is 0.455. The highest BCUT2D eigenvalue weighted by Gasteiger charge is 2.29. The molecule has 18 heavy (non-hydrogen) atoms. The molecule has 1 aliphatic rings. The van der Waals surface area contributed by atoms with Crippen molar-refractivity contribution in [1.82, 2.24) is 20.2 Å². The highest BCUT2D eigenvalue weighted by molar-refractivity contribution is 5.92. The molecule has 1 saturated heterocycles. The first kappa shape index (κ1) is 12.4. The Bertz CT molecular complexity index is 437. The molecule has 0 radical (unpaired) electrons. The normalized spacial score (nSPS) is 19.4. The molecular formula is C11H14N4O3. The van der Waals surface area contributed by atoms with Crippen molar-refractivity contribution < 1.29 is 14.3 Å². The number of nitrogens with zero attached hydrogens (tertiary/aromatic N) is 3. The lowest BCUT2D eigenvalue weighted by molar-refractivity contribution is -0.136. The number of carbonyl (C=O) groups is 2. The number of hydrogen-bond donors (Lipinski definition) is 1. The molecule has 1 N–H and O–H groups in total. The monoisotopic (exact) mass is 250 g/mol. The maximum Gasteiger partial charge on any atom is 0.274 e. The minimum atomic E-state index is -0.621. The first-order valence-electron chi connectivity index (χ1n) is 5.61. The van der Waals surface area contributed by atoms with Crippen LogP contribution >= 0.6 is 0 Å². The van der Waals surface area contributed by atoms with Crippen LogP contribution in [0, 0.1) is 0 Å². The molecule has 1 atom stereocenters. The third-order valence-corrected chi connectivity index (χ3v) is 2.67. The number of nitrogens with one attached hydrogen (secondary N) is 1. The van der Waals surface area contributed by atoms with E-state index in [1.165, 1.54) is 25.6 Å². The van der Waals surface area contributed by atoms with Gasteiger partial charge in [0.2, 0.25) is 0 Å². The molecule has 0 unspecified atom stereocenters. The molecule has 0 aliphatic carbocycles. The zero-order valence-corrected chi connectivity index (χ0v) is 10.00. The fourth-order valence-electron chi connectivity index (χ4n) is 1.72. The first-order chi connectivity index (χ1) is 8.72. The highest BCUT2D eigenvalue weighted by Crippen LogP contribution is 2.08. The van der Waals surface area contributed by atoms with Crippen LogP contribution in [-0.4, -0.2) is 59.5 Å². The Hall–Kier alpha value is -2.02. The second kappa shape index (κ2) is 5.54. The molecule has 7 nitrogen and oxygen atoms in total. The average Bonchev–Trinajstić information content (AvgIpc) is 2.46. The van der Waals surface area contributed by atoms with E-state index in [1.807, 2.05) is 0 Å². The third kappa shape index (κ3) is 2.62. The predicted octanol–water partition coefficient (Wildman–Crippen LogP) is -0.936. The van der Waals surface area contributed by atoms with Crippen molar-refractivity contribution in [2.75, 3.05) is 26.7 Å². The van der Waals surface area contributed by atoms with Gasteiger partial charge in [-0.1, -0.05) is 0 Å². The Labute approximate surface area is 104 Å². The van der Waals surface area contributed by atoms with Crippen molar-refractivity contribution in [1.29, 1.82) is 0 Å². The average molecular weight is 250 g/mol. The van der Waals surface area contributed by atoms with E-state index in [2.05, 4.69) is 15.3 Å². The van der Waals surface area contributed by atoms with Crippen molar-refractivity contribution in [3.63, 3.8) is 0 Å². The molecule has 96 valence electrons. The molecule has 1 fully saturated rings. The van der Waals surface area contributed by atoms with Crippen LogP contribution in [0.2, 0.25) is 0 Å². The van der Waals surface area contributed by atoms with Crippen LogP contribution in [0.25, 0.3) is 0 Å². The molecule has 1 aliphatic heterocycles. The van der Waals surface area contributed by atoms with E-state index in [9.17, 15) is 9.59 Å². The summed E-state index contributed by atoms with van der Waals surface area (Å²) in [6.45, 7) is 1.02. The van der Waals surface area contributed by atoms with Gasteiger partial charge in [-0.3, -0.25) is 14.6 Å². The van der Waals surface area contributed by atoms with Gasteiger partial charge in [0.25, 0.3) is 11.8 Å². The van der Waals surface area contributed by atoms with Gasteiger partial charge in [-0.25, -0.2) is 4.98 Å². The van der Waals surface area contributed by atoms with E-state index in [4.69, 9.17) is 4.74 Å². The van der Waals surface area contributed by atoms with Gasteiger partial charge in [-0.05, 0) is 0 Å². The number of morpholine rings is 1. The van der Waals surface area contributed by atoms with Gasteiger partial charge in [0.1, 0.15) is 5.69 Å². The van der Waals surface area contributed by atoms with Gasteiger partial charge in [-0.15, -0.1) is 0 Å². The molecule has 2 amide bonds. The molecule has 0 spiro atoms. The van der Waals surface area contributed by atoms with Crippen LogP contribution in [0.4, 0.5) is 0 Å². The van der Waals surface area contributed by atoms with Crippen molar-refractivity contribution in [2.45, 2.75) is 6.10 Å². The fourth-order valence-corrected chi connectivity index (χ4v) is 1.72. The SMILES string of the molecule is CNC(=O)[C@H]1CN(C(=O)c2cnccn2)CCO1. The number of rotatable bonds is 2. The largest absolute Gasteiger partial charge is 0.365 e. The van der Waals surface area contributed by atoms with Gasteiger partial charge in [0.15, 0.2) is 6.10 Å². The van der Waals surface area contributed by atoms with E-state index < -0.39 is 6.10 Å². The lowest BCUT2D eigenvalue weighted by atomic mass is 10.2. The topological polar surface area (TPSA) is 84.4 Å². The Morgan fingerprint density at radius 1 is 1.50 bits per heavy atom. The van der Waals surface area contributed by atoms with Crippen LogP contribution in [0.15, 0.2) is 18.6 Å². The van der Waals surface area contributed by atoms with Crippen molar-refractivity contribution in [2.24, 2.45) is 0 Å². The number of likely N-dealkylation sites (N-methyl/N-ethyl adjacent to an activating group) is 1. The number of carbonyl (C=O) groups excluding carboxylic acids is 2. The van der Waals surface area contributed by atoms with Gasteiger partial charge in [0.05, 0.1) is 19.3 Å². The van der Waals surface area contributed by atoms with E-state index in [0.717, 1.165) is 0 Å². The second-order valence-electron chi connectivity index (χ2n) is 3.82. The quantitative estimate of drug-likeness (QED) is 0.732. The summed E-state index contributed by atoms with van der Waals surface area (Å²) in [4.78, 5) is 32.9. The summed E-state index contributed by atoms with van der Waals surface area (Å²) in [5.74, 6) is -0.466. The minimum Gasteiger partial charge on any atom is -0.365 e. The van der Waals surface area contributed by atoms with Crippen molar-refractivity contribution in [3.05, 3.63) is 24.3 Å². The minimum absolute atomic E-state index is 0.230. The van der Waals surface area contributed by atoms with Crippen LogP contribution in [0.1, 0.15) is 10.5 Å². The maximum atomic E-state index is 12.1. The second-order valence-corrected chi connectivity index (χ2v) is 3.82. The molecule has 1 aromatic heterocycles. The maximum absolute atomic E-state index is 12.1. The van der Waals surface area contributed by atoms with Crippen molar-refractivity contribution in [3.8, 4) is 0 Å². The third-order valence-electron chi connectivity index (χ3n) is 2.67. The van der Waals surface area contributed by atoms with Crippen LogP contribution in [0.5, 0.6) is 0 Å². The predicted molar refractivity (Wildman–Crippen MR) is 61.7 cm³/mol. The zero-order chi connectivity index (χ0) is 13.0. The molecule has 0 saturated carbocycles. The van der Waals surface area contributed by atoms with Crippen LogP contribution in [-0.2, 0) is 9.53 Å². The Balaban J connectivity index is 2.05. The van der Waals surface area contributed by atoms with Gasteiger partial charge in [0, 0.05) is 26.0 Å². The number of amides is 2.